The molecule has 0 radical (unpaired) electrons. The summed E-state index contributed by atoms with van der Waals surface area (Å²) in [6.07, 6.45) is 2.61. The number of aromatic carboxylic acids is 1. The predicted octanol–water partition coefficient (Wildman–Crippen LogP) is 2.80. The van der Waals surface area contributed by atoms with Crippen LogP contribution in [0.4, 0.5) is 5.82 Å². The second-order valence-corrected chi connectivity index (χ2v) is 5.91. The van der Waals surface area contributed by atoms with Crippen molar-refractivity contribution in [3.05, 3.63) is 23.4 Å². The number of carboxylic acids is 1. The summed E-state index contributed by atoms with van der Waals surface area (Å²) in [5.41, 5.74) is 1.11. The van der Waals surface area contributed by atoms with Gasteiger partial charge in [0.2, 0.25) is 0 Å². The van der Waals surface area contributed by atoms with Crippen molar-refractivity contribution in [3.63, 3.8) is 0 Å². The van der Waals surface area contributed by atoms with E-state index in [1.165, 1.54) is 12.8 Å². The zero-order valence-electron chi connectivity index (χ0n) is 13.1. The molecule has 0 saturated heterocycles. The molecule has 1 saturated carbocycles. The van der Waals surface area contributed by atoms with Crippen molar-refractivity contribution in [1.82, 2.24) is 9.88 Å². The standard InChI is InChI=1S/C16H25N3O2/c1-4-19(13-5-6-13)8-7-17-15-10-12(16(20)21)9-14(18-15)11(2)3/h9-11,13H,4-8H2,1-3H3,(H,17,18)(H,20,21). The summed E-state index contributed by atoms with van der Waals surface area (Å²) in [4.78, 5) is 18.2. The van der Waals surface area contributed by atoms with Crippen molar-refractivity contribution in [3.8, 4) is 0 Å². The Labute approximate surface area is 126 Å². The number of hydrogen-bond donors (Lipinski definition) is 2. The molecule has 2 N–H and O–H groups in total. The van der Waals surface area contributed by atoms with Crippen LogP contribution < -0.4 is 5.32 Å². The van der Waals surface area contributed by atoms with E-state index in [0.717, 1.165) is 31.4 Å². The highest BCUT2D eigenvalue weighted by Crippen LogP contribution is 2.26. The smallest absolute Gasteiger partial charge is 0.335 e. The van der Waals surface area contributed by atoms with E-state index in [9.17, 15) is 9.90 Å². The molecule has 1 aliphatic rings. The average Bonchev–Trinajstić information content (AvgIpc) is 3.27. The molecule has 0 aliphatic heterocycles. The number of nitrogens with zero attached hydrogens (tertiary/aromatic N) is 2. The van der Waals surface area contributed by atoms with Crippen LogP contribution >= 0.6 is 0 Å². The monoisotopic (exact) mass is 291 g/mol. The molecule has 1 heterocycles. The maximum atomic E-state index is 11.2. The van der Waals surface area contributed by atoms with Crippen LogP contribution in [-0.4, -0.2) is 46.6 Å². The van der Waals surface area contributed by atoms with Gasteiger partial charge in [-0.15, -0.1) is 0 Å². The minimum atomic E-state index is -0.907. The van der Waals surface area contributed by atoms with E-state index in [1.54, 1.807) is 12.1 Å². The lowest BCUT2D eigenvalue weighted by Gasteiger charge is -2.20. The normalized spacial score (nSPS) is 14.7. The van der Waals surface area contributed by atoms with Gasteiger partial charge in [-0.25, -0.2) is 9.78 Å². The van der Waals surface area contributed by atoms with Crippen molar-refractivity contribution < 1.29 is 9.90 Å². The van der Waals surface area contributed by atoms with Crippen LogP contribution in [0.2, 0.25) is 0 Å². The minimum Gasteiger partial charge on any atom is -0.478 e. The summed E-state index contributed by atoms with van der Waals surface area (Å²) in [5.74, 6) is -0.0376. The summed E-state index contributed by atoms with van der Waals surface area (Å²) in [5, 5.41) is 12.5. The summed E-state index contributed by atoms with van der Waals surface area (Å²) in [7, 11) is 0. The first kappa shape index (κ1) is 15.8. The SMILES string of the molecule is CCN(CCNc1cc(C(=O)O)cc(C(C)C)n1)C1CC1. The number of carboxylic acid groups (broad SMARTS) is 1. The summed E-state index contributed by atoms with van der Waals surface area (Å²) in [6, 6.07) is 4.02. The summed E-state index contributed by atoms with van der Waals surface area (Å²) < 4.78 is 0. The maximum absolute atomic E-state index is 11.2. The zero-order valence-corrected chi connectivity index (χ0v) is 13.1. The van der Waals surface area contributed by atoms with Crippen molar-refractivity contribution in [1.29, 1.82) is 0 Å². The third kappa shape index (κ3) is 4.43. The van der Waals surface area contributed by atoms with Gasteiger partial charge in [0.05, 0.1) is 5.56 Å². The topological polar surface area (TPSA) is 65.5 Å². The third-order valence-corrected chi connectivity index (χ3v) is 3.86. The van der Waals surface area contributed by atoms with Crippen LogP contribution in [0.5, 0.6) is 0 Å². The first-order valence-electron chi connectivity index (χ1n) is 7.74. The van der Waals surface area contributed by atoms with E-state index < -0.39 is 5.97 Å². The lowest BCUT2D eigenvalue weighted by atomic mass is 10.1. The molecular formula is C16H25N3O2. The van der Waals surface area contributed by atoms with Gasteiger partial charge in [0, 0.05) is 24.8 Å². The molecule has 0 spiro atoms. The molecule has 0 aromatic carbocycles. The van der Waals surface area contributed by atoms with Gasteiger partial charge < -0.3 is 10.4 Å². The van der Waals surface area contributed by atoms with E-state index in [-0.39, 0.29) is 5.92 Å². The molecular weight excluding hydrogens is 266 g/mol. The maximum Gasteiger partial charge on any atom is 0.335 e. The number of pyridine rings is 1. The average molecular weight is 291 g/mol. The van der Waals surface area contributed by atoms with Gasteiger partial charge in [-0.1, -0.05) is 20.8 Å². The van der Waals surface area contributed by atoms with Gasteiger partial charge in [0.25, 0.3) is 0 Å². The van der Waals surface area contributed by atoms with E-state index >= 15 is 0 Å². The van der Waals surface area contributed by atoms with Crippen molar-refractivity contribution in [2.75, 3.05) is 25.0 Å². The van der Waals surface area contributed by atoms with E-state index in [1.807, 2.05) is 13.8 Å². The lowest BCUT2D eigenvalue weighted by molar-refractivity contribution is 0.0696. The Morgan fingerprint density at radius 2 is 2.19 bits per heavy atom. The third-order valence-electron chi connectivity index (χ3n) is 3.86. The van der Waals surface area contributed by atoms with Crippen LogP contribution in [0.1, 0.15) is 55.6 Å². The Bertz CT molecular complexity index is 498. The Morgan fingerprint density at radius 1 is 1.48 bits per heavy atom. The number of anilines is 1. The van der Waals surface area contributed by atoms with Crippen LogP contribution in [0.25, 0.3) is 0 Å². The molecule has 0 amide bonds. The summed E-state index contributed by atoms with van der Waals surface area (Å²) >= 11 is 0. The molecule has 1 aromatic heterocycles. The molecule has 1 fully saturated rings. The van der Waals surface area contributed by atoms with Crippen LogP contribution in [0.15, 0.2) is 12.1 Å². The number of carbonyl (C=O) groups is 1. The number of rotatable bonds is 8. The van der Waals surface area contributed by atoms with E-state index in [0.29, 0.717) is 11.4 Å². The van der Waals surface area contributed by atoms with Crippen LogP contribution in [0, 0.1) is 0 Å². The predicted molar refractivity (Wildman–Crippen MR) is 84.0 cm³/mol. The van der Waals surface area contributed by atoms with Crippen molar-refractivity contribution >= 4 is 11.8 Å². The molecule has 5 nitrogen and oxygen atoms in total. The highest BCUT2D eigenvalue weighted by atomic mass is 16.4. The van der Waals surface area contributed by atoms with Gasteiger partial charge in [-0.2, -0.15) is 0 Å². The second-order valence-electron chi connectivity index (χ2n) is 5.91. The van der Waals surface area contributed by atoms with Crippen LogP contribution in [-0.2, 0) is 0 Å². The highest BCUT2D eigenvalue weighted by molar-refractivity contribution is 5.88. The van der Waals surface area contributed by atoms with Crippen molar-refractivity contribution in [2.24, 2.45) is 0 Å². The number of hydrogen-bond acceptors (Lipinski definition) is 4. The Balaban J connectivity index is 1.99. The van der Waals surface area contributed by atoms with Crippen LogP contribution in [0.3, 0.4) is 0 Å². The fourth-order valence-electron chi connectivity index (χ4n) is 2.43. The second kappa shape index (κ2) is 6.89. The fourth-order valence-corrected chi connectivity index (χ4v) is 2.43. The van der Waals surface area contributed by atoms with Gasteiger partial charge in [0.15, 0.2) is 0 Å². The Kier molecular flexibility index (Phi) is 5.17. The van der Waals surface area contributed by atoms with E-state index in [4.69, 9.17) is 0 Å². The quantitative estimate of drug-likeness (QED) is 0.771. The molecule has 21 heavy (non-hydrogen) atoms. The van der Waals surface area contributed by atoms with Gasteiger partial charge in [-0.05, 0) is 37.4 Å². The Morgan fingerprint density at radius 3 is 2.71 bits per heavy atom. The van der Waals surface area contributed by atoms with Gasteiger partial charge in [0.1, 0.15) is 5.82 Å². The van der Waals surface area contributed by atoms with Crippen molar-refractivity contribution in [2.45, 2.75) is 45.6 Å². The molecule has 2 rings (SSSR count). The summed E-state index contributed by atoms with van der Waals surface area (Å²) in [6.45, 7) is 9.03. The number of nitrogens with one attached hydrogen (secondary N) is 1. The largest absolute Gasteiger partial charge is 0.478 e. The Hall–Kier alpha value is -1.62. The molecule has 116 valence electrons. The zero-order chi connectivity index (χ0) is 15.4. The molecule has 0 atom stereocenters. The van der Waals surface area contributed by atoms with Gasteiger partial charge >= 0.3 is 5.97 Å². The lowest BCUT2D eigenvalue weighted by Crippen LogP contribution is -2.31. The van der Waals surface area contributed by atoms with E-state index in [2.05, 4.69) is 22.1 Å². The minimum absolute atomic E-state index is 0.212. The number of aromatic nitrogens is 1. The molecule has 1 aromatic rings. The molecule has 0 unspecified atom stereocenters. The van der Waals surface area contributed by atoms with Gasteiger partial charge in [-0.3, -0.25) is 4.90 Å². The fraction of sp³-hybridized carbons (Fsp3) is 0.625. The first-order valence-corrected chi connectivity index (χ1v) is 7.74. The molecule has 5 heteroatoms. The highest BCUT2D eigenvalue weighted by Gasteiger charge is 2.27. The molecule has 0 bridgehead atoms. The molecule has 1 aliphatic carbocycles. The number of likely N-dealkylation sites (N-methyl/N-ethyl adjacent to an activating group) is 1. The first-order chi connectivity index (χ1) is 10.0.